The number of nitrogens with zero attached hydrogens (tertiary/aromatic N) is 2. The average Bonchev–Trinajstić information content (AvgIpc) is 3.25. The topological polar surface area (TPSA) is 92.8 Å². The maximum Gasteiger partial charge on any atom is 0.257 e. The average molecular weight is 440 g/mol. The summed E-state index contributed by atoms with van der Waals surface area (Å²) in [6.07, 6.45) is 1.11. The quantitative estimate of drug-likeness (QED) is 0.430. The van der Waals surface area contributed by atoms with E-state index in [1.54, 1.807) is 5.38 Å². The van der Waals surface area contributed by atoms with Crippen molar-refractivity contribution in [2.75, 3.05) is 50.9 Å². The largest absolute Gasteiger partial charge is 0.480 e. The summed E-state index contributed by atoms with van der Waals surface area (Å²) in [5, 5.41) is 7.55. The van der Waals surface area contributed by atoms with E-state index in [9.17, 15) is 18.4 Å². The van der Waals surface area contributed by atoms with E-state index >= 15 is 0 Å². The number of morpholine rings is 1. The van der Waals surface area contributed by atoms with Crippen LogP contribution in [0.4, 0.5) is 13.9 Å². The Morgan fingerprint density at radius 1 is 1.30 bits per heavy atom. The molecule has 2 N–H and O–H groups in total. The molecule has 0 radical (unpaired) electrons. The summed E-state index contributed by atoms with van der Waals surface area (Å²) in [5.74, 6) is -3.08. The molecule has 0 atom stereocenters. The molecule has 2 aromatic rings. The summed E-state index contributed by atoms with van der Waals surface area (Å²) in [5.41, 5.74) is 0.711. The molecule has 1 aromatic carbocycles. The van der Waals surface area contributed by atoms with Crippen LogP contribution < -0.4 is 20.3 Å². The molecule has 1 saturated heterocycles. The maximum absolute atomic E-state index is 14.4. The van der Waals surface area contributed by atoms with Gasteiger partial charge in [-0.2, -0.15) is 4.39 Å². The highest BCUT2D eigenvalue weighted by Crippen LogP contribution is 2.36. The second kappa shape index (κ2) is 10.8. The van der Waals surface area contributed by atoms with E-state index in [0.29, 0.717) is 57.9 Å². The molecule has 3 rings (SSSR count). The van der Waals surface area contributed by atoms with Crippen LogP contribution in [0.3, 0.4) is 0 Å². The zero-order valence-corrected chi connectivity index (χ0v) is 17.0. The van der Waals surface area contributed by atoms with Gasteiger partial charge >= 0.3 is 0 Å². The summed E-state index contributed by atoms with van der Waals surface area (Å²) in [6.45, 7) is 2.88. The first-order valence-corrected chi connectivity index (χ1v) is 10.3. The molecule has 1 aliphatic heterocycles. The first-order chi connectivity index (χ1) is 14.6. The van der Waals surface area contributed by atoms with Gasteiger partial charge in [0.25, 0.3) is 5.91 Å². The molecule has 2 amide bonds. The number of anilines is 1. The number of hydrogen-bond acceptors (Lipinski definition) is 7. The number of thiazole rings is 1. The number of carbonyl (C=O) groups excluding carboxylic acids is 2. The second-order valence-corrected chi connectivity index (χ2v) is 7.25. The molecule has 162 valence electrons. The standard InChI is InChI=1S/C19H22F2N4O4S/c20-14-3-2-13(15-11-30-19(24-15)25-6-8-28-9-7-25)18(17(14)21)29-10-16(27)23-5-1-4-22-12-26/h2-3,11-12H,1,4-10H2,(H,22,26)(H,23,27). The smallest absolute Gasteiger partial charge is 0.257 e. The van der Waals surface area contributed by atoms with E-state index < -0.39 is 24.1 Å². The number of nitrogens with one attached hydrogen (secondary N) is 2. The summed E-state index contributed by atoms with van der Waals surface area (Å²) in [6, 6.07) is 2.39. The lowest BCUT2D eigenvalue weighted by Crippen LogP contribution is -2.36. The molecule has 11 heteroatoms. The van der Waals surface area contributed by atoms with Crippen molar-refractivity contribution >= 4 is 28.8 Å². The lowest BCUT2D eigenvalue weighted by atomic mass is 10.1. The molecule has 1 aliphatic rings. The Morgan fingerprint density at radius 3 is 2.87 bits per heavy atom. The van der Waals surface area contributed by atoms with Crippen LogP contribution >= 0.6 is 11.3 Å². The molecular weight excluding hydrogens is 418 g/mol. The van der Waals surface area contributed by atoms with Crippen LogP contribution in [0.25, 0.3) is 11.3 Å². The molecular formula is C19H22F2N4O4S. The third-order valence-corrected chi connectivity index (χ3v) is 5.25. The van der Waals surface area contributed by atoms with Crippen molar-refractivity contribution in [1.29, 1.82) is 0 Å². The van der Waals surface area contributed by atoms with Gasteiger partial charge in [0.2, 0.25) is 12.2 Å². The zero-order valence-electron chi connectivity index (χ0n) is 16.2. The molecule has 0 bridgehead atoms. The summed E-state index contributed by atoms with van der Waals surface area (Å²) < 4.78 is 38.9. The van der Waals surface area contributed by atoms with Crippen molar-refractivity contribution in [1.82, 2.24) is 15.6 Å². The van der Waals surface area contributed by atoms with Crippen LogP contribution in [-0.2, 0) is 14.3 Å². The predicted octanol–water partition coefficient (Wildman–Crippen LogP) is 1.56. The zero-order chi connectivity index (χ0) is 21.3. The van der Waals surface area contributed by atoms with Gasteiger partial charge in [0.05, 0.1) is 18.9 Å². The van der Waals surface area contributed by atoms with Crippen molar-refractivity contribution in [3.63, 3.8) is 0 Å². The summed E-state index contributed by atoms with van der Waals surface area (Å²) in [7, 11) is 0. The van der Waals surface area contributed by atoms with Crippen LogP contribution in [-0.4, -0.2) is 63.3 Å². The van der Waals surface area contributed by atoms with E-state index in [1.165, 1.54) is 17.4 Å². The molecule has 1 fully saturated rings. The van der Waals surface area contributed by atoms with Gasteiger partial charge in [0.15, 0.2) is 23.3 Å². The van der Waals surface area contributed by atoms with E-state index in [4.69, 9.17) is 9.47 Å². The van der Waals surface area contributed by atoms with Crippen LogP contribution in [0.5, 0.6) is 5.75 Å². The minimum Gasteiger partial charge on any atom is -0.480 e. The second-order valence-electron chi connectivity index (χ2n) is 6.42. The Hall–Kier alpha value is -2.79. The van der Waals surface area contributed by atoms with E-state index in [-0.39, 0.29) is 11.3 Å². The monoisotopic (exact) mass is 440 g/mol. The predicted molar refractivity (Wildman–Crippen MR) is 108 cm³/mol. The van der Waals surface area contributed by atoms with Crippen LogP contribution in [0.15, 0.2) is 17.5 Å². The number of hydrogen-bond donors (Lipinski definition) is 2. The fraction of sp³-hybridized carbons (Fsp3) is 0.421. The molecule has 1 aromatic heterocycles. The van der Waals surface area contributed by atoms with E-state index in [2.05, 4.69) is 20.5 Å². The van der Waals surface area contributed by atoms with Gasteiger partial charge in [-0.05, 0) is 18.6 Å². The van der Waals surface area contributed by atoms with Crippen molar-refractivity contribution in [3.05, 3.63) is 29.1 Å². The lowest BCUT2D eigenvalue weighted by Gasteiger charge is -2.26. The van der Waals surface area contributed by atoms with Crippen LogP contribution in [0.2, 0.25) is 0 Å². The van der Waals surface area contributed by atoms with Crippen LogP contribution in [0.1, 0.15) is 6.42 Å². The third-order valence-electron chi connectivity index (χ3n) is 4.35. The van der Waals surface area contributed by atoms with Gasteiger partial charge in [0.1, 0.15) is 0 Å². The Balaban J connectivity index is 1.68. The van der Waals surface area contributed by atoms with Crippen molar-refractivity contribution in [2.24, 2.45) is 0 Å². The van der Waals surface area contributed by atoms with Crippen molar-refractivity contribution in [2.45, 2.75) is 6.42 Å². The number of aromatic nitrogens is 1. The number of halogens is 2. The number of carbonyl (C=O) groups is 2. The van der Waals surface area contributed by atoms with Gasteiger partial charge in [0, 0.05) is 37.1 Å². The fourth-order valence-electron chi connectivity index (χ4n) is 2.83. The highest BCUT2D eigenvalue weighted by molar-refractivity contribution is 7.14. The first kappa shape index (κ1) is 21.9. The molecule has 0 unspecified atom stereocenters. The summed E-state index contributed by atoms with van der Waals surface area (Å²) >= 11 is 1.39. The number of benzene rings is 1. The lowest BCUT2D eigenvalue weighted by molar-refractivity contribution is -0.123. The number of rotatable bonds is 10. The van der Waals surface area contributed by atoms with Crippen LogP contribution in [0, 0.1) is 11.6 Å². The Labute approximate surface area is 176 Å². The number of ether oxygens (including phenoxy) is 2. The minimum atomic E-state index is -1.17. The minimum absolute atomic E-state index is 0.271. The maximum atomic E-state index is 14.4. The van der Waals surface area contributed by atoms with Crippen molar-refractivity contribution in [3.8, 4) is 17.0 Å². The highest BCUT2D eigenvalue weighted by atomic mass is 32.1. The van der Waals surface area contributed by atoms with Gasteiger partial charge in [-0.25, -0.2) is 9.37 Å². The molecule has 0 aliphatic carbocycles. The third kappa shape index (κ3) is 5.63. The van der Waals surface area contributed by atoms with Gasteiger partial charge < -0.3 is 25.0 Å². The molecule has 8 nitrogen and oxygen atoms in total. The van der Waals surface area contributed by atoms with E-state index in [1.807, 2.05) is 0 Å². The highest BCUT2D eigenvalue weighted by Gasteiger charge is 2.21. The Morgan fingerprint density at radius 2 is 2.10 bits per heavy atom. The SMILES string of the molecule is O=CNCCCNC(=O)COc1c(-c2csc(N3CCOCC3)n2)ccc(F)c1F. The van der Waals surface area contributed by atoms with E-state index in [0.717, 1.165) is 11.2 Å². The number of amides is 2. The molecule has 0 saturated carbocycles. The van der Waals surface area contributed by atoms with Gasteiger partial charge in [-0.3, -0.25) is 9.59 Å². The Bertz CT molecular complexity index is 874. The van der Waals surface area contributed by atoms with Crippen molar-refractivity contribution < 1.29 is 27.8 Å². The summed E-state index contributed by atoms with van der Waals surface area (Å²) in [4.78, 5) is 28.7. The fourth-order valence-corrected chi connectivity index (χ4v) is 3.71. The normalized spacial score (nSPS) is 13.7. The Kier molecular flexibility index (Phi) is 7.91. The molecule has 0 spiro atoms. The van der Waals surface area contributed by atoms with Gasteiger partial charge in [-0.15, -0.1) is 11.3 Å². The van der Waals surface area contributed by atoms with Gasteiger partial charge in [-0.1, -0.05) is 0 Å². The first-order valence-electron chi connectivity index (χ1n) is 9.43. The molecule has 30 heavy (non-hydrogen) atoms. The molecule has 2 heterocycles.